The normalized spacial score (nSPS) is 16.3. The van der Waals surface area contributed by atoms with Gasteiger partial charge in [0.1, 0.15) is 5.82 Å². The van der Waals surface area contributed by atoms with Gasteiger partial charge in [0.2, 0.25) is 5.91 Å². The van der Waals surface area contributed by atoms with Crippen molar-refractivity contribution < 1.29 is 4.79 Å². The molecule has 0 saturated carbocycles. The first kappa shape index (κ1) is 24.3. The van der Waals surface area contributed by atoms with Gasteiger partial charge in [-0.25, -0.2) is 9.98 Å². The molecule has 2 fully saturated rings. The maximum Gasteiger partial charge on any atom is 0.227 e. The lowest BCUT2D eigenvalue weighted by Gasteiger charge is -2.17. The Bertz CT molecular complexity index is 911. The molecule has 2 aliphatic heterocycles. The number of hydrogen-bond acceptors (Lipinski definition) is 4. The average Bonchev–Trinajstić information content (AvgIpc) is 3.48. The molecule has 172 valence electrons. The molecule has 1 aromatic carbocycles. The van der Waals surface area contributed by atoms with Crippen LogP contribution in [-0.4, -0.2) is 43.0 Å². The zero-order chi connectivity index (χ0) is 21.5. The van der Waals surface area contributed by atoms with Crippen LogP contribution in [0, 0.1) is 0 Å². The summed E-state index contributed by atoms with van der Waals surface area (Å²) in [6.45, 7) is 7.16. The highest BCUT2D eigenvalue weighted by Gasteiger charge is 2.21. The van der Waals surface area contributed by atoms with Crippen LogP contribution in [0.15, 0.2) is 47.6 Å². The maximum absolute atomic E-state index is 11.9. The number of anilines is 2. The molecule has 2 saturated heterocycles. The van der Waals surface area contributed by atoms with Crippen LogP contribution < -0.4 is 20.4 Å². The van der Waals surface area contributed by atoms with E-state index in [4.69, 9.17) is 4.99 Å². The van der Waals surface area contributed by atoms with E-state index in [1.165, 1.54) is 12.8 Å². The van der Waals surface area contributed by atoms with E-state index >= 15 is 0 Å². The molecule has 1 amide bonds. The van der Waals surface area contributed by atoms with Gasteiger partial charge < -0.3 is 20.4 Å². The number of benzene rings is 1. The topological polar surface area (TPSA) is 72.9 Å². The van der Waals surface area contributed by atoms with Crippen LogP contribution in [0.4, 0.5) is 11.5 Å². The number of rotatable bonds is 7. The van der Waals surface area contributed by atoms with Gasteiger partial charge in [-0.2, -0.15) is 0 Å². The highest BCUT2D eigenvalue weighted by Crippen LogP contribution is 2.21. The van der Waals surface area contributed by atoms with Crippen molar-refractivity contribution in [2.24, 2.45) is 4.99 Å². The van der Waals surface area contributed by atoms with E-state index in [2.05, 4.69) is 45.6 Å². The molecule has 0 unspecified atom stereocenters. The van der Waals surface area contributed by atoms with Gasteiger partial charge in [-0.05, 0) is 61.6 Å². The van der Waals surface area contributed by atoms with Gasteiger partial charge in [-0.1, -0.05) is 12.1 Å². The summed E-state index contributed by atoms with van der Waals surface area (Å²) >= 11 is 0. The van der Waals surface area contributed by atoms with E-state index in [0.29, 0.717) is 19.5 Å². The lowest BCUT2D eigenvalue weighted by Crippen LogP contribution is -2.36. The molecule has 1 aromatic heterocycles. The second-order valence-corrected chi connectivity index (χ2v) is 8.08. The molecule has 4 rings (SSSR count). The van der Waals surface area contributed by atoms with Crippen LogP contribution in [0.2, 0.25) is 0 Å². The van der Waals surface area contributed by atoms with Gasteiger partial charge in [0.05, 0.1) is 6.54 Å². The van der Waals surface area contributed by atoms with E-state index in [0.717, 1.165) is 61.2 Å². The molecule has 7 nitrogen and oxygen atoms in total. The van der Waals surface area contributed by atoms with Gasteiger partial charge in [0.25, 0.3) is 0 Å². The van der Waals surface area contributed by atoms with Crippen molar-refractivity contribution in [3.63, 3.8) is 0 Å². The molecule has 0 radical (unpaired) electrons. The summed E-state index contributed by atoms with van der Waals surface area (Å²) in [5, 5.41) is 6.72. The standard InChI is InChI=1S/C24H32N6O.HI/c1-2-25-24(28-18-20-11-12-26-22(16-20)29-13-3-4-14-29)27-17-19-7-9-21(10-8-19)30-15-5-6-23(30)31;/h7-12,16H,2-6,13-15,17-18H2,1H3,(H2,25,27,28);1H. The molecule has 3 heterocycles. The second kappa shape index (κ2) is 12.0. The number of nitrogens with one attached hydrogen (secondary N) is 2. The molecule has 2 aliphatic rings. The Morgan fingerprint density at radius 2 is 1.81 bits per heavy atom. The summed E-state index contributed by atoms with van der Waals surface area (Å²) in [5.41, 5.74) is 3.30. The van der Waals surface area contributed by atoms with Gasteiger partial charge in [-0.15, -0.1) is 24.0 Å². The fourth-order valence-electron chi connectivity index (χ4n) is 4.09. The molecule has 8 heteroatoms. The summed E-state index contributed by atoms with van der Waals surface area (Å²) in [6.07, 6.45) is 5.97. The number of aliphatic imine (C=N–C) groups is 1. The monoisotopic (exact) mass is 548 g/mol. The van der Waals surface area contributed by atoms with Crippen LogP contribution >= 0.6 is 24.0 Å². The number of nitrogens with zero attached hydrogens (tertiary/aromatic N) is 4. The Morgan fingerprint density at radius 1 is 1.03 bits per heavy atom. The number of aromatic nitrogens is 1. The number of hydrogen-bond donors (Lipinski definition) is 2. The molecular weight excluding hydrogens is 515 g/mol. The number of amides is 1. The zero-order valence-corrected chi connectivity index (χ0v) is 21.0. The van der Waals surface area contributed by atoms with E-state index < -0.39 is 0 Å². The Morgan fingerprint density at radius 3 is 2.50 bits per heavy atom. The van der Waals surface area contributed by atoms with Crippen molar-refractivity contribution in [1.29, 1.82) is 0 Å². The molecule has 2 aromatic rings. The van der Waals surface area contributed by atoms with Gasteiger partial charge >= 0.3 is 0 Å². The molecule has 0 spiro atoms. The minimum Gasteiger partial charge on any atom is -0.357 e. The first-order valence-electron chi connectivity index (χ1n) is 11.3. The first-order valence-corrected chi connectivity index (χ1v) is 11.3. The largest absolute Gasteiger partial charge is 0.357 e. The second-order valence-electron chi connectivity index (χ2n) is 8.08. The summed E-state index contributed by atoms with van der Waals surface area (Å²) < 4.78 is 0. The molecule has 2 N–H and O–H groups in total. The van der Waals surface area contributed by atoms with Gasteiger partial charge in [0, 0.05) is 51.0 Å². The molecule has 0 aliphatic carbocycles. The van der Waals surface area contributed by atoms with Crippen LogP contribution in [0.3, 0.4) is 0 Å². The van der Waals surface area contributed by atoms with E-state index in [9.17, 15) is 4.79 Å². The van der Waals surface area contributed by atoms with Crippen LogP contribution in [0.25, 0.3) is 0 Å². The Hall–Kier alpha value is -2.36. The maximum atomic E-state index is 11.9. The summed E-state index contributed by atoms with van der Waals surface area (Å²) in [5.74, 6) is 2.07. The zero-order valence-electron chi connectivity index (χ0n) is 18.7. The third-order valence-electron chi connectivity index (χ3n) is 5.79. The van der Waals surface area contributed by atoms with Crippen molar-refractivity contribution in [1.82, 2.24) is 15.6 Å². The average molecular weight is 548 g/mol. The summed E-state index contributed by atoms with van der Waals surface area (Å²) in [6, 6.07) is 12.4. The first-order chi connectivity index (χ1) is 15.2. The quantitative estimate of drug-likeness (QED) is 0.314. The van der Waals surface area contributed by atoms with Crippen molar-refractivity contribution in [3.8, 4) is 0 Å². The minimum absolute atomic E-state index is 0. The lowest BCUT2D eigenvalue weighted by atomic mass is 10.2. The Balaban J connectivity index is 0.00000289. The molecule has 0 bridgehead atoms. The van der Waals surface area contributed by atoms with E-state index in [1.54, 1.807) is 0 Å². The van der Waals surface area contributed by atoms with Crippen molar-refractivity contribution in [2.75, 3.05) is 36.0 Å². The van der Waals surface area contributed by atoms with E-state index in [1.807, 2.05) is 29.3 Å². The summed E-state index contributed by atoms with van der Waals surface area (Å²) in [7, 11) is 0. The van der Waals surface area contributed by atoms with E-state index in [-0.39, 0.29) is 29.9 Å². The lowest BCUT2D eigenvalue weighted by molar-refractivity contribution is -0.117. The third kappa shape index (κ3) is 6.34. The predicted molar refractivity (Wildman–Crippen MR) is 141 cm³/mol. The number of carbonyl (C=O) groups excluding carboxylic acids is 1. The van der Waals surface area contributed by atoms with Crippen molar-refractivity contribution in [2.45, 2.75) is 45.7 Å². The number of carbonyl (C=O) groups is 1. The van der Waals surface area contributed by atoms with Gasteiger partial charge in [0.15, 0.2) is 5.96 Å². The van der Waals surface area contributed by atoms with Gasteiger partial charge in [-0.3, -0.25) is 4.79 Å². The minimum atomic E-state index is 0. The molecule has 0 atom stereocenters. The summed E-state index contributed by atoms with van der Waals surface area (Å²) in [4.78, 5) is 25.4. The molecular formula is C24H33IN6O. The fraction of sp³-hybridized carbons (Fsp3) is 0.458. The predicted octanol–water partition coefficient (Wildman–Crippen LogP) is 3.68. The SMILES string of the molecule is CCNC(=NCc1ccnc(N2CCCC2)c1)NCc1ccc(N2CCCC2=O)cc1.I. The highest BCUT2D eigenvalue weighted by atomic mass is 127. The highest BCUT2D eigenvalue weighted by molar-refractivity contribution is 14.0. The van der Waals surface area contributed by atoms with Crippen LogP contribution in [-0.2, 0) is 17.9 Å². The third-order valence-corrected chi connectivity index (χ3v) is 5.79. The smallest absolute Gasteiger partial charge is 0.227 e. The van der Waals surface area contributed by atoms with Crippen LogP contribution in [0.5, 0.6) is 0 Å². The molecule has 32 heavy (non-hydrogen) atoms. The number of guanidine groups is 1. The van der Waals surface area contributed by atoms with Crippen molar-refractivity contribution >= 4 is 47.3 Å². The Kier molecular flexibility index (Phi) is 9.13. The number of halogens is 1. The fourth-order valence-corrected chi connectivity index (χ4v) is 4.09. The Labute approximate surface area is 207 Å². The van der Waals surface area contributed by atoms with Crippen LogP contribution in [0.1, 0.15) is 43.7 Å². The van der Waals surface area contributed by atoms with Crippen molar-refractivity contribution in [3.05, 3.63) is 53.7 Å². The number of pyridine rings is 1.